The maximum absolute atomic E-state index is 12.9. The molecular weight excluding hydrogens is 277 g/mol. The van der Waals surface area contributed by atoms with Crippen LogP contribution < -0.4 is 4.90 Å². The molecule has 0 radical (unpaired) electrons. The molecule has 1 aliphatic rings. The van der Waals surface area contributed by atoms with E-state index in [0.29, 0.717) is 6.04 Å². The summed E-state index contributed by atoms with van der Waals surface area (Å²) >= 11 is 0. The van der Waals surface area contributed by atoms with Crippen LogP contribution in [0, 0.1) is 6.92 Å². The zero-order valence-electron chi connectivity index (χ0n) is 12.9. The van der Waals surface area contributed by atoms with Gasteiger partial charge in [0.2, 0.25) is 0 Å². The van der Waals surface area contributed by atoms with Gasteiger partial charge in [-0.15, -0.1) is 0 Å². The molecule has 5 heteroatoms. The molecule has 1 aromatic carbocycles. The Bertz CT molecular complexity index is 477. The number of hydrogen-bond acceptors (Lipinski definition) is 2. The average Bonchev–Trinajstić information content (AvgIpc) is 2.42. The highest BCUT2D eigenvalue weighted by molar-refractivity contribution is 5.56. The summed E-state index contributed by atoms with van der Waals surface area (Å²) in [6.07, 6.45) is -2.28. The largest absolute Gasteiger partial charge is 0.416 e. The quantitative estimate of drug-likeness (QED) is 0.834. The minimum atomic E-state index is -4.28. The molecule has 2 rings (SSSR count). The van der Waals surface area contributed by atoms with Crippen LogP contribution in [0.15, 0.2) is 18.2 Å². The Morgan fingerprint density at radius 2 is 1.86 bits per heavy atom. The van der Waals surface area contributed by atoms with Gasteiger partial charge in [0.15, 0.2) is 0 Å². The highest BCUT2D eigenvalue weighted by Crippen LogP contribution is 2.34. The highest BCUT2D eigenvalue weighted by atomic mass is 19.4. The van der Waals surface area contributed by atoms with Gasteiger partial charge in [0.25, 0.3) is 0 Å². The topological polar surface area (TPSA) is 6.48 Å². The van der Waals surface area contributed by atoms with Crippen molar-refractivity contribution in [1.82, 2.24) is 4.90 Å². The number of halogens is 3. The van der Waals surface area contributed by atoms with Crippen molar-refractivity contribution in [2.24, 2.45) is 0 Å². The Labute approximate surface area is 124 Å². The molecule has 21 heavy (non-hydrogen) atoms. The first-order chi connectivity index (χ1) is 9.82. The molecule has 0 spiro atoms. The van der Waals surface area contributed by atoms with E-state index in [2.05, 4.69) is 16.8 Å². The third-order valence-electron chi connectivity index (χ3n) is 4.32. The zero-order valence-corrected chi connectivity index (χ0v) is 12.9. The molecule has 0 atom stereocenters. The normalized spacial score (nSPS) is 18.0. The lowest BCUT2D eigenvalue weighted by Gasteiger charge is -2.39. The molecule has 0 unspecified atom stereocenters. The first-order valence-corrected chi connectivity index (χ1v) is 7.46. The zero-order chi connectivity index (χ0) is 15.6. The van der Waals surface area contributed by atoms with Gasteiger partial charge >= 0.3 is 6.18 Å². The molecule has 0 amide bonds. The van der Waals surface area contributed by atoms with Crippen molar-refractivity contribution in [2.45, 2.75) is 38.9 Å². The minimum Gasteiger partial charge on any atom is -0.369 e. The van der Waals surface area contributed by atoms with E-state index >= 15 is 0 Å². The minimum absolute atomic E-state index is 0.327. The molecule has 0 aromatic heterocycles. The lowest BCUT2D eigenvalue weighted by molar-refractivity contribution is -0.137. The molecule has 2 nitrogen and oxygen atoms in total. The molecular formula is C16H23F3N2. The van der Waals surface area contributed by atoms with Crippen LogP contribution in [-0.2, 0) is 6.18 Å². The summed E-state index contributed by atoms with van der Waals surface area (Å²) in [7, 11) is 2.09. The lowest BCUT2D eigenvalue weighted by atomic mass is 10.0. The summed E-state index contributed by atoms with van der Waals surface area (Å²) in [5, 5.41) is 0. The fourth-order valence-electron chi connectivity index (χ4n) is 3.03. The summed E-state index contributed by atoms with van der Waals surface area (Å²) in [4.78, 5) is 4.40. The van der Waals surface area contributed by atoms with Gasteiger partial charge in [0.1, 0.15) is 0 Å². The number of piperidine rings is 1. The van der Waals surface area contributed by atoms with Gasteiger partial charge in [0, 0.05) is 18.3 Å². The maximum atomic E-state index is 12.9. The van der Waals surface area contributed by atoms with Crippen molar-refractivity contribution in [1.29, 1.82) is 0 Å². The summed E-state index contributed by atoms with van der Waals surface area (Å²) in [5.41, 5.74) is 1.07. The van der Waals surface area contributed by atoms with Gasteiger partial charge < -0.3 is 9.80 Å². The third kappa shape index (κ3) is 3.70. The van der Waals surface area contributed by atoms with Crippen LogP contribution in [-0.4, -0.2) is 37.6 Å². The second kappa shape index (κ2) is 6.26. The fourth-order valence-corrected chi connectivity index (χ4v) is 3.03. The molecule has 0 aliphatic carbocycles. The predicted octanol–water partition coefficient (Wildman–Crippen LogP) is 3.93. The van der Waals surface area contributed by atoms with Crippen LogP contribution >= 0.6 is 0 Å². The predicted molar refractivity (Wildman–Crippen MR) is 79.7 cm³/mol. The second-order valence-corrected chi connectivity index (χ2v) is 5.82. The SMILES string of the molecule is CCN(c1cc(C(F)(F)F)ccc1C)C1CCN(C)CC1. The highest BCUT2D eigenvalue weighted by Gasteiger charge is 2.32. The Kier molecular flexibility index (Phi) is 4.81. The first kappa shape index (κ1) is 16.1. The molecule has 1 saturated heterocycles. The summed E-state index contributed by atoms with van der Waals surface area (Å²) in [6, 6.07) is 4.38. The van der Waals surface area contributed by atoms with Gasteiger partial charge in [-0.3, -0.25) is 0 Å². The molecule has 1 aromatic rings. The molecule has 0 bridgehead atoms. The molecule has 1 fully saturated rings. The van der Waals surface area contributed by atoms with Crippen molar-refractivity contribution in [3.05, 3.63) is 29.3 Å². The first-order valence-electron chi connectivity index (χ1n) is 7.46. The summed E-state index contributed by atoms with van der Waals surface area (Å²) < 4.78 is 38.8. The number of alkyl halides is 3. The monoisotopic (exact) mass is 300 g/mol. The van der Waals surface area contributed by atoms with Gasteiger partial charge in [-0.2, -0.15) is 13.2 Å². The molecule has 1 heterocycles. The van der Waals surface area contributed by atoms with Crippen LogP contribution in [0.3, 0.4) is 0 Å². The molecule has 0 N–H and O–H groups in total. The molecule has 1 aliphatic heterocycles. The van der Waals surface area contributed by atoms with E-state index in [-0.39, 0.29) is 0 Å². The number of anilines is 1. The van der Waals surface area contributed by atoms with Crippen LogP contribution in [0.5, 0.6) is 0 Å². The standard InChI is InChI=1S/C16H23F3N2/c1-4-21(14-7-9-20(3)10-8-14)15-11-13(16(17,18)19)6-5-12(15)2/h5-6,11,14H,4,7-10H2,1-3H3. The number of hydrogen-bond donors (Lipinski definition) is 0. The number of likely N-dealkylation sites (tertiary alicyclic amines) is 1. The Hall–Kier alpha value is -1.23. The summed E-state index contributed by atoms with van der Waals surface area (Å²) in [6.45, 7) is 6.63. The number of aryl methyl sites for hydroxylation is 1. The third-order valence-corrected chi connectivity index (χ3v) is 4.32. The van der Waals surface area contributed by atoms with E-state index in [1.807, 2.05) is 13.8 Å². The Morgan fingerprint density at radius 3 is 2.38 bits per heavy atom. The van der Waals surface area contributed by atoms with Crippen LogP contribution in [0.2, 0.25) is 0 Å². The van der Waals surface area contributed by atoms with E-state index in [4.69, 9.17) is 0 Å². The fraction of sp³-hybridized carbons (Fsp3) is 0.625. The van der Waals surface area contributed by atoms with Crippen molar-refractivity contribution in [3.63, 3.8) is 0 Å². The van der Waals surface area contributed by atoms with Crippen LogP contribution in [0.1, 0.15) is 30.9 Å². The van der Waals surface area contributed by atoms with Crippen molar-refractivity contribution in [2.75, 3.05) is 31.6 Å². The second-order valence-electron chi connectivity index (χ2n) is 5.82. The summed E-state index contributed by atoms with van der Waals surface area (Å²) in [5.74, 6) is 0. The number of nitrogens with zero attached hydrogens (tertiary/aromatic N) is 2. The molecule has 0 saturated carbocycles. The lowest BCUT2D eigenvalue weighted by Crippen LogP contribution is -2.44. The van der Waals surface area contributed by atoms with E-state index in [0.717, 1.165) is 43.7 Å². The van der Waals surface area contributed by atoms with Gasteiger partial charge in [-0.1, -0.05) is 6.07 Å². The van der Waals surface area contributed by atoms with Crippen molar-refractivity contribution in [3.8, 4) is 0 Å². The smallest absolute Gasteiger partial charge is 0.369 e. The van der Waals surface area contributed by atoms with Crippen LogP contribution in [0.4, 0.5) is 18.9 Å². The van der Waals surface area contributed by atoms with Crippen LogP contribution in [0.25, 0.3) is 0 Å². The number of benzene rings is 1. The van der Waals surface area contributed by atoms with Gasteiger partial charge in [-0.25, -0.2) is 0 Å². The maximum Gasteiger partial charge on any atom is 0.416 e. The van der Waals surface area contributed by atoms with Gasteiger partial charge in [0.05, 0.1) is 5.56 Å². The van der Waals surface area contributed by atoms with E-state index in [1.54, 1.807) is 6.07 Å². The van der Waals surface area contributed by atoms with E-state index in [9.17, 15) is 13.2 Å². The van der Waals surface area contributed by atoms with E-state index in [1.165, 1.54) is 12.1 Å². The number of rotatable bonds is 3. The Balaban J connectivity index is 2.29. The van der Waals surface area contributed by atoms with E-state index < -0.39 is 11.7 Å². The Morgan fingerprint density at radius 1 is 1.24 bits per heavy atom. The average molecular weight is 300 g/mol. The van der Waals surface area contributed by atoms with Crippen molar-refractivity contribution < 1.29 is 13.2 Å². The molecule has 118 valence electrons. The van der Waals surface area contributed by atoms with Crippen molar-refractivity contribution >= 4 is 5.69 Å². The van der Waals surface area contributed by atoms with Gasteiger partial charge in [-0.05, 0) is 64.5 Å².